The van der Waals surface area contributed by atoms with Crippen molar-refractivity contribution in [2.45, 2.75) is 45.5 Å². The second kappa shape index (κ2) is 10.6. The van der Waals surface area contributed by atoms with Crippen molar-refractivity contribution in [3.05, 3.63) is 120 Å². The van der Waals surface area contributed by atoms with Gasteiger partial charge in [0.15, 0.2) is 8.32 Å². The molecule has 178 valence electrons. The number of benzene rings is 4. The molecule has 4 aromatic carbocycles. The van der Waals surface area contributed by atoms with Gasteiger partial charge in [-0.05, 0) is 57.1 Å². The summed E-state index contributed by atoms with van der Waals surface area (Å²) in [4.78, 5) is 0. The Hall–Kier alpha value is -3.20. The fourth-order valence-corrected chi connectivity index (χ4v) is 4.63. The van der Waals surface area contributed by atoms with Crippen molar-refractivity contribution in [2.75, 3.05) is 0 Å². The van der Waals surface area contributed by atoms with Crippen molar-refractivity contribution in [1.82, 2.24) is 0 Å². The van der Waals surface area contributed by atoms with E-state index in [0.717, 1.165) is 0 Å². The summed E-state index contributed by atoms with van der Waals surface area (Å²) < 4.78 is 6.36. The smallest absolute Gasteiger partial charge is 0.192 e. The summed E-state index contributed by atoms with van der Waals surface area (Å²) in [5.74, 6) is 0. The molecule has 0 aliphatic heterocycles. The lowest BCUT2D eigenvalue weighted by atomic mass is 10.0. The van der Waals surface area contributed by atoms with Gasteiger partial charge in [0.1, 0.15) is 0 Å². The molecule has 4 aromatic rings. The topological polar surface area (TPSA) is 9.23 Å². The molecule has 0 aliphatic carbocycles. The summed E-state index contributed by atoms with van der Waals surface area (Å²) in [5, 5.41) is 0.231. The molecule has 0 amide bonds. The number of hydrogen-bond donors (Lipinski definition) is 0. The quantitative estimate of drug-likeness (QED) is 0.190. The van der Waals surface area contributed by atoms with Crippen LogP contribution in [0.5, 0.6) is 0 Å². The van der Waals surface area contributed by atoms with Crippen molar-refractivity contribution in [3.8, 4) is 22.3 Å². The molecular formula is C33H36OSi. The number of hydrogen-bond acceptors (Lipinski definition) is 1. The summed E-state index contributed by atoms with van der Waals surface area (Å²) in [6.45, 7) is 12.1. The summed E-state index contributed by atoms with van der Waals surface area (Å²) in [5.41, 5.74) is 8.57. The maximum Gasteiger partial charge on any atom is 0.192 e. The Morgan fingerprint density at radius 1 is 0.571 bits per heavy atom. The van der Waals surface area contributed by atoms with Crippen LogP contribution in [0.15, 0.2) is 103 Å². The van der Waals surface area contributed by atoms with Gasteiger partial charge < -0.3 is 4.43 Å². The normalized spacial score (nSPS) is 12.3. The van der Waals surface area contributed by atoms with Crippen LogP contribution in [0.4, 0.5) is 0 Å². The molecule has 0 saturated carbocycles. The Balaban J connectivity index is 1.37. The third kappa shape index (κ3) is 6.48. The van der Waals surface area contributed by atoms with E-state index < -0.39 is 8.32 Å². The van der Waals surface area contributed by atoms with Crippen LogP contribution in [0.2, 0.25) is 18.1 Å². The van der Waals surface area contributed by atoms with Gasteiger partial charge in [-0.2, -0.15) is 0 Å². The maximum absolute atomic E-state index is 6.36. The molecule has 0 spiro atoms. The first-order valence-corrected chi connectivity index (χ1v) is 15.3. The molecule has 0 N–H and O–H groups in total. The van der Waals surface area contributed by atoms with Crippen LogP contribution in [0.25, 0.3) is 34.4 Å². The largest absolute Gasteiger partial charge is 0.413 e. The molecule has 0 aromatic heterocycles. The highest BCUT2D eigenvalue weighted by Crippen LogP contribution is 2.37. The Morgan fingerprint density at radius 3 is 1.40 bits per heavy atom. The lowest BCUT2D eigenvalue weighted by molar-refractivity contribution is 0.276. The zero-order valence-electron chi connectivity index (χ0n) is 21.6. The molecular weight excluding hydrogens is 440 g/mol. The first kappa shape index (κ1) is 24.9. The minimum absolute atomic E-state index is 0.231. The van der Waals surface area contributed by atoms with Gasteiger partial charge in [-0.1, -0.05) is 136 Å². The van der Waals surface area contributed by atoms with E-state index in [1.165, 1.54) is 38.9 Å². The van der Waals surface area contributed by atoms with Crippen LogP contribution >= 0.6 is 0 Å². The van der Waals surface area contributed by atoms with E-state index in [9.17, 15) is 0 Å². The summed E-state index contributed by atoms with van der Waals surface area (Å²) >= 11 is 0. The molecule has 0 bridgehead atoms. The molecule has 4 rings (SSSR count). The first-order valence-electron chi connectivity index (χ1n) is 12.4. The molecule has 0 atom stereocenters. The van der Waals surface area contributed by atoms with Gasteiger partial charge in [0, 0.05) is 0 Å². The molecule has 1 nitrogen and oxygen atoms in total. The number of rotatable bonds is 7. The summed E-state index contributed by atoms with van der Waals surface area (Å²) in [7, 11) is -1.73. The SMILES string of the molecule is CC(C)(C)[Si](C)(C)OCc1ccc(-c2ccc(/C=C\c3ccc(-c4ccccc4)cc3)cc2)cc1. The Morgan fingerprint density at radius 2 is 0.971 bits per heavy atom. The van der Waals surface area contributed by atoms with Gasteiger partial charge in [-0.3, -0.25) is 0 Å². The average Bonchev–Trinajstić information content (AvgIpc) is 2.87. The predicted octanol–water partition coefficient (Wildman–Crippen LogP) is 9.71. The Bertz CT molecular complexity index is 1240. The minimum Gasteiger partial charge on any atom is -0.413 e. The molecule has 35 heavy (non-hydrogen) atoms. The third-order valence-electron chi connectivity index (χ3n) is 7.09. The van der Waals surface area contributed by atoms with Crippen molar-refractivity contribution in [2.24, 2.45) is 0 Å². The zero-order chi connectivity index (χ0) is 24.9. The van der Waals surface area contributed by atoms with Gasteiger partial charge in [-0.25, -0.2) is 0 Å². The van der Waals surface area contributed by atoms with Gasteiger partial charge in [0.2, 0.25) is 0 Å². The van der Waals surface area contributed by atoms with E-state index in [1.807, 2.05) is 6.07 Å². The lowest BCUT2D eigenvalue weighted by Gasteiger charge is -2.36. The molecule has 0 heterocycles. The molecule has 0 saturated heterocycles. The van der Waals surface area contributed by atoms with E-state index in [-0.39, 0.29) is 5.04 Å². The van der Waals surface area contributed by atoms with E-state index in [1.54, 1.807) is 0 Å². The highest BCUT2D eigenvalue weighted by Gasteiger charge is 2.36. The van der Waals surface area contributed by atoms with Crippen LogP contribution in [0.1, 0.15) is 37.5 Å². The van der Waals surface area contributed by atoms with Crippen molar-refractivity contribution in [1.29, 1.82) is 0 Å². The fraction of sp³-hybridized carbons (Fsp3) is 0.212. The summed E-state index contributed by atoms with van der Waals surface area (Å²) in [6, 6.07) is 36.7. The van der Waals surface area contributed by atoms with E-state index in [0.29, 0.717) is 6.61 Å². The van der Waals surface area contributed by atoms with Crippen LogP contribution in [0.3, 0.4) is 0 Å². The van der Waals surface area contributed by atoms with Crippen molar-refractivity contribution >= 4 is 20.5 Å². The maximum atomic E-state index is 6.36. The molecule has 0 aliphatic rings. The molecule has 0 radical (unpaired) electrons. The fourth-order valence-electron chi connectivity index (χ4n) is 3.67. The van der Waals surface area contributed by atoms with E-state index >= 15 is 0 Å². The van der Waals surface area contributed by atoms with Crippen molar-refractivity contribution in [3.63, 3.8) is 0 Å². The minimum atomic E-state index is -1.73. The van der Waals surface area contributed by atoms with Crippen LogP contribution < -0.4 is 0 Å². The highest BCUT2D eigenvalue weighted by atomic mass is 28.4. The van der Waals surface area contributed by atoms with E-state index in [4.69, 9.17) is 4.43 Å². The van der Waals surface area contributed by atoms with Crippen LogP contribution in [0, 0.1) is 0 Å². The van der Waals surface area contributed by atoms with Gasteiger partial charge in [-0.15, -0.1) is 0 Å². The van der Waals surface area contributed by atoms with Gasteiger partial charge in [0.25, 0.3) is 0 Å². The molecule has 2 heteroatoms. The predicted molar refractivity (Wildman–Crippen MR) is 155 cm³/mol. The lowest BCUT2D eigenvalue weighted by Crippen LogP contribution is -2.40. The molecule has 0 fully saturated rings. The first-order chi connectivity index (χ1) is 16.7. The summed E-state index contributed by atoms with van der Waals surface area (Å²) in [6.07, 6.45) is 4.34. The third-order valence-corrected chi connectivity index (χ3v) is 11.6. The highest BCUT2D eigenvalue weighted by molar-refractivity contribution is 6.74. The standard InChI is InChI=1S/C33H36OSi/c1-33(2,3)35(4,5)34-25-28-17-23-32(24-18-28)31-21-15-27(16-22-31)12-11-26-13-19-30(20-14-26)29-9-7-6-8-10-29/h6-24H,25H2,1-5H3/b12-11-. The second-order valence-corrected chi connectivity index (χ2v) is 15.5. The molecule has 0 unspecified atom stereocenters. The monoisotopic (exact) mass is 476 g/mol. The zero-order valence-corrected chi connectivity index (χ0v) is 22.6. The van der Waals surface area contributed by atoms with Crippen LogP contribution in [-0.4, -0.2) is 8.32 Å². The van der Waals surface area contributed by atoms with Crippen LogP contribution in [-0.2, 0) is 11.0 Å². The Labute approximate surface area is 212 Å². The van der Waals surface area contributed by atoms with E-state index in [2.05, 4.69) is 143 Å². The van der Waals surface area contributed by atoms with Gasteiger partial charge in [0.05, 0.1) is 6.61 Å². The second-order valence-electron chi connectivity index (χ2n) is 10.7. The average molecular weight is 477 g/mol. The Kier molecular flexibility index (Phi) is 7.54. The van der Waals surface area contributed by atoms with Crippen molar-refractivity contribution < 1.29 is 4.43 Å². The van der Waals surface area contributed by atoms with Gasteiger partial charge >= 0.3 is 0 Å².